The number of likely N-dealkylation sites (tertiary alicyclic amines) is 1. The van der Waals surface area contributed by atoms with Crippen molar-refractivity contribution in [2.75, 3.05) is 6.54 Å². The number of carbonyl (C=O) groups excluding carboxylic acids is 1. The third kappa shape index (κ3) is 7.24. The van der Waals surface area contributed by atoms with Crippen molar-refractivity contribution in [1.29, 1.82) is 0 Å². The van der Waals surface area contributed by atoms with Crippen LogP contribution in [0.1, 0.15) is 69.2 Å². The van der Waals surface area contributed by atoms with Gasteiger partial charge in [-0.25, -0.2) is 5.10 Å². The highest BCUT2D eigenvalue weighted by Crippen LogP contribution is 2.24. The van der Waals surface area contributed by atoms with Gasteiger partial charge in [-0.1, -0.05) is 43.2 Å². The maximum absolute atomic E-state index is 12.5. The quantitative estimate of drug-likeness (QED) is 0.535. The first-order chi connectivity index (χ1) is 14.2. The van der Waals surface area contributed by atoms with Gasteiger partial charge in [-0.05, 0) is 60.9 Å². The Morgan fingerprint density at radius 2 is 2.00 bits per heavy atom. The summed E-state index contributed by atoms with van der Waals surface area (Å²) in [5.41, 5.74) is 1.16. The Hall–Kier alpha value is -2.28. The average molecular weight is 400 g/mol. The van der Waals surface area contributed by atoms with Gasteiger partial charge in [0.2, 0.25) is 5.91 Å². The SMILES string of the molecule is O=C1CCC[C@H](CC[C@@H](O)Cc2ccccc2)N1CCCCCCc1nnn[nH]1. The Labute approximate surface area is 172 Å². The molecule has 0 aliphatic carbocycles. The van der Waals surface area contributed by atoms with Gasteiger partial charge in [-0.2, -0.15) is 0 Å². The highest BCUT2D eigenvalue weighted by atomic mass is 16.3. The van der Waals surface area contributed by atoms with Crippen LogP contribution in [0, 0.1) is 0 Å². The van der Waals surface area contributed by atoms with Gasteiger partial charge in [0.05, 0.1) is 6.10 Å². The van der Waals surface area contributed by atoms with E-state index < -0.39 is 0 Å². The number of carbonyl (C=O) groups is 1. The number of aliphatic hydroxyl groups is 1. The molecule has 2 heterocycles. The molecule has 1 saturated heterocycles. The molecule has 7 heteroatoms. The molecule has 0 spiro atoms. The second-order valence-electron chi connectivity index (χ2n) is 8.07. The number of H-pyrrole nitrogens is 1. The smallest absolute Gasteiger partial charge is 0.222 e. The Bertz CT molecular complexity index is 707. The molecule has 1 amide bonds. The summed E-state index contributed by atoms with van der Waals surface area (Å²) in [5, 5.41) is 24.3. The fourth-order valence-electron chi connectivity index (χ4n) is 4.19. The number of nitrogens with zero attached hydrogens (tertiary/aromatic N) is 4. The van der Waals surface area contributed by atoms with E-state index >= 15 is 0 Å². The molecule has 0 saturated carbocycles. The van der Waals surface area contributed by atoms with Gasteiger partial charge in [0.15, 0.2) is 0 Å². The molecule has 1 aromatic carbocycles. The number of tetrazole rings is 1. The zero-order valence-electron chi connectivity index (χ0n) is 17.2. The molecule has 2 N–H and O–H groups in total. The van der Waals surface area contributed by atoms with Crippen LogP contribution in [0.3, 0.4) is 0 Å². The second kappa shape index (κ2) is 11.7. The molecule has 1 aromatic heterocycles. The van der Waals surface area contributed by atoms with Crippen LogP contribution >= 0.6 is 0 Å². The maximum Gasteiger partial charge on any atom is 0.222 e. The molecule has 1 fully saturated rings. The van der Waals surface area contributed by atoms with E-state index in [1.165, 1.54) is 0 Å². The van der Waals surface area contributed by atoms with Crippen LogP contribution in [-0.2, 0) is 17.6 Å². The first kappa shape index (κ1) is 21.4. The Morgan fingerprint density at radius 1 is 1.17 bits per heavy atom. The van der Waals surface area contributed by atoms with Crippen molar-refractivity contribution in [2.45, 2.75) is 82.8 Å². The van der Waals surface area contributed by atoms with Crippen LogP contribution in [-0.4, -0.2) is 55.2 Å². The summed E-state index contributed by atoms with van der Waals surface area (Å²) in [6.07, 6.45) is 9.85. The lowest BCUT2D eigenvalue weighted by atomic mass is 9.94. The van der Waals surface area contributed by atoms with Gasteiger partial charge in [0.25, 0.3) is 0 Å². The predicted octanol–water partition coefficient (Wildman–Crippen LogP) is 3.07. The third-order valence-corrected chi connectivity index (χ3v) is 5.79. The molecule has 0 bridgehead atoms. The van der Waals surface area contributed by atoms with Crippen molar-refractivity contribution >= 4 is 5.91 Å². The summed E-state index contributed by atoms with van der Waals surface area (Å²) in [4.78, 5) is 14.5. The molecule has 1 aliphatic heterocycles. The lowest BCUT2D eigenvalue weighted by Crippen LogP contribution is -2.44. The molecular formula is C22H33N5O2. The number of unbranched alkanes of at least 4 members (excludes halogenated alkanes) is 3. The zero-order chi connectivity index (χ0) is 20.3. The number of amides is 1. The number of rotatable bonds is 12. The van der Waals surface area contributed by atoms with E-state index in [2.05, 4.69) is 37.7 Å². The van der Waals surface area contributed by atoms with Gasteiger partial charge in [-0.3, -0.25) is 4.79 Å². The highest BCUT2D eigenvalue weighted by Gasteiger charge is 2.27. The van der Waals surface area contributed by atoms with Crippen LogP contribution in [0.5, 0.6) is 0 Å². The summed E-state index contributed by atoms with van der Waals surface area (Å²) in [7, 11) is 0. The van der Waals surface area contributed by atoms with Crippen molar-refractivity contribution in [3.05, 3.63) is 41.7 Å². The number of benzene rings is 1. The molecule has 2 aromatic rings. The topological polar surface area (TPSA) is 95.0 Å². The third-order valence-electron chi connectivity index (χ3n) is 5.79. The van der Waals surface area contributed by atoms with Crippen LogP contribution in [0.15, 0.2) is 30.3 Å². The van der Waals surface area contributed by atoms with E-state index in [4.69, 9.17) is 0 Å². The standard InChI is InChI=1S/C22H33N5O2/c28-20(17-18-9-4-3-5-10-18)15-14-19-11-8-13-22(29)27(19)16-7-2-1-6-12-21-23-25-26-24-21/h3-5,9-10,19-20,28H,1-2,6-8,11-17H2,(H,23,24,25,26)/t19-,20-/m1/s1. The summed E-state index contributed by atoms with van der Waals surface area (Å²) < 4.78 is 0. The molecule has 0 radical (unpaired) electrons. The number of aliphatic hydroxyl groups excluding tert-OH is 1. The minimum atomic E-state index is -0.346. The zero-order valence-corrected chi connectivity index (χ0v) is 17.2. The van der Waals surface area contributed by atoms with Gasteiger partial charge < -0.3 is 10.0 Å². The fourth-order valence-corrected chi connectivity index (χ4v) is 4.19. The number of aromatic amines is 1. The first-order valence-electron chi connectivity index (χ1n) is 11.0. The molecule has 29 heavy (non-hydrogen) atoms. The van der Waals surface area contributed by atoms with Crippen LogP contribution in [0.2, 0.25) is 0 Å². The van der Waals surface area contributed by atoms with E-state index in [0.29, 0.717) is 12.8 Å². The predicted molar refractivity (Wildman–Crippen MR) is 111 cm³/mol. The van der Waals surface area contributed by atoms with E-state index in [0.717, 1.165) is 75.7 Å². The average Bonchev–Trinajstić information content (AvgIpc) is 3.24. The molecular weight excluding hydrogens is 366 g/mol. The summed E-state index contributed by atoms with van der Waals surface area (Å²) in [6, 6.07) is 10.4. The van der Waals surface area contributed by atoms with E-state index in [9.17, 15) is 9.90 Å². The van der Waals surface area contributed by atoms with E-state index in [1.54, 1.807) is 0 Å². The van der Waals surface area contributed by atoms with Crippen LogP contribution in [0.25, 0.3) is 0 Å². The second-order valence-corrected chi connectivity index (χ2v) is 8.07. The van der Waals surface area contributed by atoms with Gasteiger partial charge in [0.1, 0.15) is 5.82 Å². The number of aryl methyl sites for hydroxylation is 1. The number of hydrogen-bond donors (Lipinski definition) is 2. The van der Waals surface area contributed by atoms with Crippen molar-refractivity contribution in [3.63, 3.8) is 0 Å². The lowest BCUT2D eigenvalue weighted by molar-refractivity contribution is -0.136. The molecule has 1 aliphatic rings. The fraction of sp³-hybridized carbons (Fsp3) is 0.636. The summed E-state index contributed by atoms with van der Waals surface area (Å²) >= 11 is 0. The number of hydrogen-bond acceptors (Lipinski definition) is 5. The van der Waals surface area contributed by atoms with E-state index in [1.807, 2.05) is 18.2 Å². The minimum Gasteiger partial charge on any atom is -0.393 e. The van der Waals surface area contributed by atoms with Crippen LogP contribution < -0.4 is 0 Å². The van der Waals surface area contributed by atoms with Crippen molar-refractivity contribution in [1.82, 2.24) is 25.5 Å². The molecule has 2 atom stereocenters. The molecule has 7 nitrogen and oxygen atoms in total. The van der Waals surface area contributed by atoms with Crippen molar-refractivity contribution < 1.29 is 9.90 Å². The normalized spacial score (nSPS) is 18.2. The van der Waals surface area contributed by atoms with Crippen molar-refractivity contribution in [2.24, 2.45) is 0 Å². The molecule has 3 rings (SSSR count). The Kier molecular flexibility index (Phi) is 8.61. The van der Waals surface area contributed by atoms with Gasteiger partial charge in [-0.15, -0.1) is 5.10 Å². The lowest BCUT2D eigenvalue weighted by Gasteiger charge is -2.36. The first-order valence-corrected chi connectivity index (χ1v) is 11.0. The van der Waals surface area contributed by atoms with E-state index in [-0.39, 0.29) is 18.1 Å². The van der Waals surface area contributed by atoms with Crippen LogP contribution in [0.4, 0.5) is 0 Å². The molecule has 158 valence electrons. The van der Waals surface area contributed by atoms with Gasteiger partial charge >= 0.3 is 0 Å². The number of nitrogens with one attached hydrogen (secondary N) is 1. The largest absolute Gasteiger partial charge is 0.393 e. The minimum absolute atomic E-state index is 0.280. The Morgan fingerprint density at radius 3 is 2.79 bits per heavy atom. The number of piperidine rings is 1. The summed E-state index contributed by atoms with van der Waals surface area (Å²) in [5.74, 6) is 1.12. The monoisotopic (exact) mass is 399 g/mol. The molecule has 0 unspecified atom stereocenters. The highest BCUT2D eigenvalue weighted by molar-refractivity contribution is 5.77. The summed E-state index contributed by atoms with van der Waals surface area (Å²) in [6.45, 7) is 0.835. The number of aromatic nitrogens is 4. The Balaban J connectivity index is 1.36. The van der Waals surface area contributed by atoms with Gasteiger partial charge in [0, 0.05) is 25.4 Å². The van der Waals surface area contributed by atoms with Crippen molar-refractivity contribution in [3.8, 4) is 0 Å². The maximum atomic E-state index is 12.5.